The number of carbonyl (C=O) groups excluding carboxylic acids is 3. The molecule has 2 atom stereocenters. The zero-order valence-corrected chi connectivity index (χ0v) is 28.3. The van der Waals surface area contributed by atoms with Crippen molar-refractivity contribution in [3.63, 3.8) is 0 Å². The number of ketones is 1. The summed E-state index contributed by atoms with van der Waals surface area (Å²) < 4.78 is 21.3. The number of benzene rings is 2. The number of ether oxygens (including phenoxy) is 3. The number of alkyl carbamates (subject to hydrolysis) is 1. The topological polar surface area (TPSA) is 204 Å². The summed E-state index contributed by atoms with van der Waals surface area (Å²) in [5.41, 5.74) is 10.2. The molecule has 260 valence electrons. The maximum Gasteiger partial charge on any atom is 0.408 e. The van der Waals surface area contributed by atoms with Gasteiger partial charge in [0.25, 0.3) is 0 Å². The Morgan fingerprint density at radius 2 is 1.78 bits per heavy atom. The molecule has 49 heavy (non-hydrogen) atoms. The van der Waals surface area contributed by atoms with Crippen LogP contribution in [0.5, 0.6) is 11.5 Å². The molecule has 1 amide bonds. The number of aliphatic imine (C=N–C) groups is 1. The average molecular weight is 676 g/mol. The predicted octanol–water partition coefficient (Wildman–Crippen LogP) is 2.56. The second-order valence-corrected chi connectivity index (χ2v) is 13.4. The van der Waals surface area contributed by atoms with E-state index in [2.05, 4.69) is 10.3 Å². The van der Waals surface area contributed by atoms with Gasteiger partial charge in [-0.2, -0.15) is 0 Å². The zero-order chi connectivity index (χ0) is 35.8. The van der Waals surface area contributed by atoms with Gasteiger partial charge in [-0.15, -0.1) is 0 Å². The number of carbonyl (C=O) groups is 3. The third-order valence-corrected chi connectivity index (χ3v) is 8.09. The molecule has 0 saturated carbocycles. The molecule has 2 aromatic carbocycles. The Morgan fingerprint density at radius 3 is 2.41 bits per heavy atom. The van der Waals surface area contributed by atoms with Crippen molar-refractivity contribution < 1.29 is 28.6 Å². The summed E-state index contributed by atoms with van der Waals surface area (Å²) in [6, 6.07) is 9.25. The Hall–Kier alpha value is -5.60. The van der Waals surface area contributed by atoms with Crippen molar-refractivity contribution in [1.29, 1.82) is 0 Å². The molecule has 15 nitrogen and oxygen atoms in total. The van der Waals surface area contributed by atoms with E-state index in [1.807, 2.05) is 19.9 Å². The van der Waals surface area contributed by atoms with E-state index in [0.717, 1.165) is 10.1 Å². The molecule has 0 bridgehead atoms. The van der Waals surface area contributed by atoms with Crippen molar-refractivity contribution >= 4 is 23.8 Å². The molecular formula is C34H41N7O8. The Balaban J connectivity index is 1.46. The van der Waals surface area contributed by atoms with E-state index in [0.29, 0.717) is 29.0 Å². The van der Waals surface area contributed by atoms with Gasteiger partial charge in [0.2, 0.25) is 0 Å². The number of hydrogen-bond acceptors (Lipinski definition) is 9. The summed E-state index contributed by atoms with van der Waals surface area (Å²) in [7, 11) is 0. The van der Waals surface area contributed by atoms with Gasteiger partial charge in [0.05, 0.1) is 12.2 Å². The van der Waals surface area contributed by atoms with Gasteiger partial charge in [-0.25, -0.2) is 33.1 Å². The van der Waals surface area contributed by atoms with Crippen molar-refractivity contribution in [2.75, 3.05) is 6.54 Å². The van der Waals surface area contributed by atoms with Crippen LogP contribution in [0.4, 0.5) is 4.79 Å². The standard InChI is InChI=1S/C34H41N7O8/c1-19(42)20-9-11-21(12-10-20)40-31(45)39-17-15-24-27(41(39)32(40)46)23-14-13-22(18-26(23)48-34(24,5)6)47-28(43)25(8-7-16-37-29(35)36)38-30(44)49-33(2,3)4/h9-15,18,25,27H,7-8,16-17H2,1-6H3,(H,38,44)(H4,35,36,37)/t25-,27?/m0/s1. The summed E-state index contributed by atoms with van der Waals surface area (Å²) in [6.45, 7) is 10.6. The first-order valence-corrected chi connectivity index (χ1v) is 15.8. The molecule has 1 unspecified atom stereocenters. The number of rotatable bonds is 9. The lowest BCUT2D eigenvalue weighted by molar-refractivity contribution is -0.137. The lowest BCUT2D eigenvalue weighted by Gasteiger charge is -2.42. The molecule has 3 heterocycles. The first-order valence-electron chi connectivity index (χ1n) is 15.8. The van der Waals surface area contributed by atoms with Gasteiger partial charge in [0, 0.05) is 23.7 Å². The minimum absolute atomic E-state index is 0.0914. The highest BCUT2D eigenvalue weighted by molar-refractivity contribution is 5.94. The Kier molecular flexibility index (Phi) is 9.30. The molecule has 1 aromatic heterocycles. The SMILES string of the molecule is CC(=O)c1ccc(-n2c(=O)n3n(c2=O)C2C(=CC3)C(C)(C)Oc3cc(OC(=O)[C@H](CCCN=C(N)N)NC(=O)OC(C)(C)C)ccc32)cc1. The average Bonchev–Trinajstić information content (AvgIpc) is 3.26. The summed E-state index contributed by atoms with van der Waals surface area (Å²) in [6.07, 6.45) is 1.61. The van der Waals surface area contributed by atoms with Crippen molar-refractivity contribution in [1.82, 2.24) is 19.2 Å². The van der Waals surface area contributed by atoms with Gasteiger partial charge >= 0.3 is 23.4 Å². The summed E-state index contributed by atoms with van der Waals surface area (Å²) >= 11 is 0. The number of guanidine groups is 1. The van der Waals surface area contributed by atoms with Crippen LogP contribution in [0.1, 0.15) is 76.3 Å². The molecule has 0 saturated heterocycles. The highest BCUT2D eigenvalue weighted by atomic mass is 16.6. The van der Waals surface area contributed by atoms with Crippen LogP contribution in [-0.4, -0.2) is 61.5 Å². The normalized spacial score (nSPS) is 16.4. The quantitative estimate of drug-likeness (QED) is 0.0575. The van der Waals surface area contributed by atoms with E-state index in [9.17, 15) is 24.0 Å². The van der Waals surface area contributed by atoms with Crippen LogP contribution in [0.2, 0.25) is 0 Å². The third-order valence-electron chi connectivity index (χ3n) is 8.09. The Morgan fingerprint density at radius 1 is 1.08 bits per heavy atom. The molecule has 0 spiro atoms. The van der Waals surface area contributed by atoms with Gasteiger partial charge in [0.15, 0.2) is 11.7 Å². The van der Waals surface area contributed by atoms with Crippen LogP contribution in [0.3, 0.4) is 0 Å². The molecular weight excluding hydrogens is 634 g/mol. The molecule has 3 aromatic rings. The summed E-state index contributed by atoms with van der Waals surface area (Å²) in [5, 5.41) is 2.57. The van der Waals surface area contributed by atoms with Gasteiger partial charge < -0.3 is 31.0 Å². The molecule has 5 N–H and O–H groups in total. The highest BCUT2D eigenvalue weighted by Gasteiger charge is 2.44. The first-order chi connectivity index (χ1) is 23.0. The van der Waals surface area contributed by atoms with E-state index >= 15 is 0 Å². The molecule has 5 rings (SSSR count). The van der Waals surface area contributed by atoms with Gasteiger partial charge in [-0.3, -0.25) is 9.79 Å². The smallest absolute Gasteiger partial charge is 0.408 e. The second kappa shape index (κ2) is 13.1. The highest BCUT2D eigenvalue weighted by Crippen LogP contribution is 2.47. The fourth-order valence-corrected chi connectivity index (χ4v) is 5.90. The largest absolute Gasteiger partial charge is 0.483 e. The number of aromatic nitrogens is 3. The van der Waals surface area contributed by atoms with Crippen LogP contribution in [0, 0.1) is 0 Å². The number of esters is 1. The van der Waals surface area contributed by atoms with E-state index in [-0.39, 0.29) is 37.0 Å². The van der Waals surface area contributed by atoms with Crippen molar-refractivity contribution in [3.05, 3.63) is 86.2 Å². The maximum atomic E-state index is 14.0. The lowest BCUT2D eigenvalue weighted by Crippen LogP contribution is -2.46. The van der Waals surface area contributed by atoms with Crippen molar-refractivity contribution in [3.8, 4) is 17.2 Å². The van der Waals surface area contributed by atoms with Gasteiger partial charge in [-0.05, 0) is 96.4 Å². The number of amides is 1. The van der Waals surface area contributed by atoms with Crippen LogP contribution < -0.4 is 37.6 Å². The van der Waals surface area contributed by atoms with Gasteiger partial charge in [0.1, 0.15) is 34.8 Å². The first kappa shape index (κ1) is 34.7. The minimum Gasteiger partial charge on any atom is -0.483 e. The third kappa shape index (κ3) is 7.29. The molecule has 0 fully saturated rings. The van der Waals surface area contributed by atoms with Crippen molar-refractivity contribution in [2.24, 2.45) is 16.5 Å². The van der Waals surface area contributed by atoms with Crippen molar-refractivity contribution in [2.45, 2.75) is 84.2 Å². The lowest BCUT2D eigenvalue weighted by atomic mass is 9.83. The number of nitrogens with zero attached hydrogens (tertiary/aromatic N) is 4. The number of allylic oxidation sites excluding steroid dienone is 1. The van der Waals surface area contributed by atoms with E-state index in [1.165, 1.54) is 22.4 Å². The summed E-state index contributed by atoms with van der Waals surface area (Å²) in [4.78, 5) is 69.2. The van der Waals surface area contributed by atoms with E-state index < -0.39 is 46.7 Å². The summed E-state index contributed by atoms with van der Waals surface area (Å²) in [5.74, 6) is -0.499. The molecule has 2 aliphatic heterocycles. The number of Topliss-reactive ketones (excluding diaryl/α,β-unsaturated/α-hetero) is 1. The Labute approximate surface area is 282 Å². The second-order valence-electron chi connectivity index (χ2n) is 13.4. The number of nitrogens with one attached hydrogen (secondary N) is 1. The molecule has 0 radical (unpaired) electrons. The van der Waals surface area contributed by atoms with Crippen LogP contribution in [0.25, 0.3) is 5.69 Å². The monoisotopic (exact) mass is 675 g/mol. The molecule has 15 heteroatoms. The number of nitrogens with two attached hydrogens (primary N) is 2. The van der Waals surface area contributed by atoms with Gasteiger partial charge in [-0.1, -0.05) is 6.08 Å². The fraction of sp³-hybridized carbons (Fsp3) is 0.412. The Bertz CT molecular complexity index is 1970. The predicted molar refractivity (Wildman–Crippen MR) is 180 cm³/mol. The van der Waals surface area contributed by atoms with E-state index in [1.54, 1.807) is 57.2 Å². The zero-order valence-electron chi connectivity index (χ0n) is 28.3. The van der Waals surface area contributed by atoms with E-state index in [4.69, 9.17) is 25.7 Å². The molecule has 2 aliphatic rings. The van der Waals surface area contributed by atoms with Crippen LogP contribution >= 0.6 is 0 Å². The number of hydrogen-bond donors (Lipinski definition) is 3. The molecule has 0 aliphatic carbocycles. The fourth-order valence-electron chi connectivity index (χ4n) is 5.90. The van der Waals surface area contributed by atoms with Crippen LogP contribution in [-0.2, 0) is 16.1 Å². The number of fused-ring (bicyclic) bond motifs is 5. The maximum absolute atomic E-state index is 14.0. The van der Waals surface area contributed by atoms with Crippen LogP contribution in [0.15, 0.2) is 68.7 Å². The minimum atomic E-state index is -1.08.